The van der Waals surface area contributed by atoms with E-state index in [1.165, 1.54) is 0 Å². The Morgan fingerprint density at radius 1 is 1.50 bits per heavy atom. The zero-order chi connectivity index (χ0) is 15.9. The summed E-state index contributed by atoms with van der Waals surface area (Å²) in [6, 6.07) is 2.00. The zero-order valence-corrected chi connectivity index (χ0v) is 13.0. The summed E-state index contributed by atoms with van der Waals surface area (Å²) in [5, 5.41) is 5.15. The molecule has 1 fully saturated rings. The predicted molar refractivity (Wildman–Crippen MR) is 83.4 cm³/mol. The van der Waals surface area contributed by atoms with Crippen LogP contribution >= 0.6 is 0 Å². The Balaban J connectivity index is 1.92. The van der Waals surface area contributed by atoms with Crippen LogP contribution in [0.4, 0.5) is 0 Å². The fourth-order valence-electron chi connectivity index (χ4n) is 2.49. The minimum Gasteiger partial charge on any atom is -0.445 e. The SMILES string of the molecule is C#C[C@H](OC(=O)c1cc2cnn(C(C)C)c2nc1C)C1CC1. The molecule has 0 amide bonds. The van der Waals surface area contributed by atoms with Crippen LogP contribution in [0.3, 0.4) is 0 Å². The number of carbonyl (C=O) groups excluding carboxylic acids is 1. The second-order valence-corrected chi connectivity index (χ2v) is 6.05. The molecule has 0 bridgehead atoms. The second-order valence-electron chi connectivity index (χ2n) is 6.05. The Labute approximate surface area is 129 Å². The third-order valence-electron chi connectivity index (χ3n) is 3.92. The summed E-state index contributed by atoms with van der Waals surface area (Å²) in [6.45, 7) is 5.88. The van der Waals surface area contributed by atoms with Gasteiger partial charge in [0.1, 0.15) is 0 Å². The Morgan fingerprint density at radius 2 is 2.23 bits per heavy atom. The summed E-state index contributed by atoms with van der Waals surface area (Å²) < 4.78 is 7.29. The fourth-order valence-corrected chi connectivity index (χ4v) is 2.49. The average molecular weight is 297 g/mol. The molecule has 1 aliphatic carbocycles. The summed E-state index contributed by atoms with van der Waals surface area (Å²) in [5.41, 5.74) is 1.86. The molecule has 0 saturated heterocycles. The molecular weight excluding hydrogens is 278 g/mol. The highest BCUT2D eigenvalue weighted by molar-refractivity contribution is 5.94. The van der Waals surface area contributed by atoms with Gasteiger partial charge in [-0.3, -0.25) is 0 Å². The molecule has 5 nitrogen and oxygen atoms in total. The Morgan fingerprint density at radius 3 is 2.82 bits per heavy atom. The number of esters is 1. The van der Waals surface area contributed by atoms with Gasteiger partial charge in [0.05, 0.1) is 17.5 Å². The van der Waals surface area contributed by atoms with E-state index in [9.17, 15) is 4.79 Å². The van der Waals surface area contributed by atoms with Gasteiger partial charge in [0.15, 0.2) is 11.8 Å². The zero-order valence-electron chi connectivity index (χ0n) is 13.0. The molecule has 2 heterocycles. The maximum absolute atomic E-state index is 12.4. The van der Waals surface area contributed by atoms with Gasteiger partial charge in [-0.1, -0.05) is 5.92 Å². The van der Waals surface area contributed by atoms with Crippen LogP contribution in [-0.4, -0.2) is 26.8 Å². The van der Waals surface area contributed by atoms with Gasteiger partial charge in [-0.05, 0) is 39.7 Å². The van der Waals surface area contributed by atoms with Crippen LogP contribution in [0.15, 0.2) is 12.3 Å². The van der Waals surface area contributed by atoms with E-state index in [-0.39, 0.29) is 6.04 Å². The molecule has 2 aromatic heterocycles. The smallest absolute Gasteiger partial charge is 0.341 e. The van der Waals surface area contributed by atoms with E-state index in [2.05, 4.69) is 16.0 Å². The van der Waals surface area contributed by atoms with Crippen molar-refractivity contribution in [3.63, 3.8) is 0 Å². The van der Waals surface area contributed by atoms with Gasteiger partial charge >= 0.3 is 5.97 Å². The number of pyridine rings is 1. The van der Waals surface area contributed by atoms with Crippen LogP contribution in [0.1, 0.15) is 48.8 Å². The maximum Gasteiger partial charge on any atom is 0.341 e. The summed E-state index contributed by atoms with van der Waals surface area (Å²) >= 11 is 0. The highest BCUT2D eigenvalue weighted by Gasteiger charge is 2.33. The molecule has 1 saturated carbocycles. The summed E-state index contributed by atoms with van der Waals surface area (Å²) in [7, 11) is 0. The van der Waals surface area contributed by atoms with Gasteiger partial charge in [-0.25, -0.2) is 14.5 Å². The van der Waals surface area contributed by atoms with E-state index in [1.807, 2.05) is 18.5 Å². The largest absolute Gasteiger partial charge is 0.445 e. The van der Waals surface area contributed by atoms with Crippen LogP contribution in [0.25, 0.3) is 11.0 Å². The molecule has 22 heavy (non-hydrogen) atoms. The van der Waals surface area contributed by atoms with Gasteiger partial charge in [0.25, 0.3) is 0 Å². The van der Waals surface area contributed by atoms with E-state index < -0.39 is 12.1 Å². The molecule has 0 unspecified atom stereocenters. The number of aromatic nitrogens is 3. The number of rotatable bonds is 4. The lowest BCUT2D eigenvalue weighted by Gasteiger charge is -2.13. The topological polar surface area (TPSA) is 57.0 Å². The van der Waals surface area contributed by atoms with Crippen molar-refractivity contribution in [1.29, 1.82) is 0 Å². The van der Waals surface area contributed by atoms with Gasteiger partial charge in [0.2, 0.25) is 0 Å². The van der Waals surface area contributed by atoms with Gasteiger partial charge in [-0.2, -0.15) is 5.10 Å². The van der Waals surface area contributed by atoms with E-state index >= 15 is 0 Å². The highest BCUT2D eigenvalue weighted by Crippen LogP contribution is 2.34. The van der Waals surface area contributed by atoms with E-state index in [0.29, 0.717) is 17.2 Å². The molecule has 0 spiro atoms. The van der Waals surface area contributed by atoms with E-state index in [0.717, 1.165) is 23.9 Å². The third kappa shape index (κ3) is 2.57. The molecule has 1 aliphatic rings. The Bertz CT molecular complexity index is 766. The maximum atomic E-state index is 12.4. The minimum absolute atomic E-state index is 0.211. The van der Waals surface area contributed by atoms with Crippen LogP contribution in [0.5, 0.6) is 0 Å². The number of carbonyl (C=O) groups is 1. The molecule has 114 valence electrons. The number of terminal acetylenes is 1. The van der Waals surface area contributed by atoms with E-state index in [4.69, 9.17) is 11.2 Å². The van der Waals surface area contributed by atoms with Crippen molar-refractivity contribution < 1.29 is 9.53 Å². The molecule has 5 heteroatoms. The minimum atomic E-state index is -0.430. The summed E-state index contributed by atoms with van der Waals surface area (Å²) in [4.78, 5) is 16.9. The lowest BCUT2D eigenvalue weighted by Crippen LogP contribution is -2.19. The molecule has 0 N–H and O–H groups in total. The molecule has 0 aliphatic heterocycles. The summed E-state index contributed by atoms with van der Waals surface area (Å²) in [6.07, 6.45) is 8.79. The number of aryl methyl sites for hydroxylation is 1. The monoisotopic (exact) mass is 297 g/mol. The van der Waals surface area contributed by atoms with Crippen molar-refractivity contribution >= 4 is 17.0 Å². The number of ether oxygens (including phenoxy) is 1. The van der Waals surface area contributed by atoms with Crippen LogP contribution < -0.4 is 0 Å². The number of hydrogen-bond acceptors (Lipinski definition) is 4. The van der Waals surface area contributed by atoms with Crippen LogP contribution in [-0.2, 0) is 4.74 Å². The lowest BCUT2D eigenvalue weighted by molar-refractivity contribution is 0.0373. The standard InChI is InChI=1S/C17H19N3O2/c1-5-15(12-6-7-12)22-17(21)14-8-13-9-18-20(10(2)3)16(13)19-11(14)4/h1,8-10,12,15H,6-7H2,2-4H3/t15-/m0/s1. The van der Waals surface area contributed by atoms with Crippen molar-refractivity contribution in [3.8, 4) is 12.3 Å². The Hall–Kier alpha value is -2.35. The quantitative estimate of drug-likeness (QED) is 0.643. The molecular formula is C17H19N3O2. The number of nitrogens with zero attached hydrogens (tertiary/aromatic N) is 3. The second kappa shape index (κ2) is 5.45. The first-order chi connectivity index (χ1) is 10.5. The highest BCUT2D eigenvalue weighted by atomic mass is 16.5. The van der Waals surface area contributed by atoms with Crippen molar-refractivity contribution in [2.75, 3.05) is 0 Å². The first kappa shape index (κ1) is 14.6. The summed E-state index contributed by atoms with van der Waals surface area (Å²) in [5.74, 6) is 2.47. The molecule has 1 atom stereocenters. The van der Waals surface area contributed by atoms with Gasteiger partial charge in [0, 0.05) is 17.3 Å². The molecule has 2 aromatic rings. The van der Waals surface area contributed by atoms with Crippen molar-refractivity contribution in [1.82, 2.24) is 14.8 Å². The predicted octanol–water partition coefficient (Wildman–Crippen LogP) is 2.89. The lowest BCUT2D eigenvalue weighted by atomic mass is 10.1. The first-order valence-corrected chi connectivity index (χ1v) is 7.53. The van der Waals surface area contributed by atoms with Crippen molar-refractivity contribution in [2.45, 2.75) is 45.8 Å². The number of hydrogen-bond donors (Lipinski definition) is 0. The third-order valence-corrected chi connectivity index (χ3v) is 3.92. The molecule has 0 radical (unpaired) electrons. The average Bonchev–Trinajstić information content (AvgIpc) is 3.23. The van der Waals surface area contributed by atoms with Crippen LogP contribution in [0, 0.1) is 25.2 Å². The fraction of sp³-hybridized carbons (Fsp3) is 0.471. The first-order valence-electron chi connectivity index (χ1n) is 7.53. The Kier molecular flexibility index (Phi) is 3.61. The van der Waals surface area contributed by atoms with Gasteiger partial charge < -0.3 is 4.74 Å². The number of fused-ring (bicyclic) bond motifs is 1. The molecule has 3 rings (SSSR count). The normalized spacial score (nSPS) is 15.8. The van der Waals surface area contributed by atoms with Crippen molar-refractivity contribution in [3.05, 3.63) is 23.5 Å². The van der Waals surface area contributed by atoms with Gasteiger partial charge in [-0.15, -0.1) is 6.42 Å². The van der Waals surface area contributed by atoms with Crippen LogP contribution in [0.2, 0.25) is 0 Å². The van der Waals surface area contributed by atoms with Crippen molar-refractivity contribution in [2.24, 2.45) is 5.92 Å². The van der Waals surface area contributed by atoms with E-state index in [1.54, 1.807) is 19.2 Å². The molecule has 0 aromatic carbocycles.